The number of amides is 1. The number of methoxy groups -OCH3 is 1. The standard InChI is InChI=1S/C25H24N4O4S/c1-28(34(31,32)23-13-11-22(33-2)12-14-23)21-9-7-19(8-10-21)25(30)27-17-20-5-3-4-6-24(20)29-16-15-26-18-29/h3-16,18H,17H2,1-2H3,(H,27,30). The van der Waals surface area contributed by atoms with E-state index in [2.05, 4.69) is 10.3 Å². The van der Waals surface area contributed by atoms with Crippen molar-refractivity contribution >= 4 is 21.6 Å². The topological polar surface area (TPSA) is 93.5 Å². The first-order valence-corrected chi connectivity index (χ1v) is 11.9. The number of ether oxygens (including phenoxy) is 1. The van der Waals surface area contributed by atoms with Crippen LogP contribution in [0.3, 0.4) is 0 Å². The van der Waals surface area contributed by atoms with Gasteiger partial charge in [0.1, 0.15) is 5.75 Å². The van der Waals surface area contributed by atoms with Gasteiger partial charge in [0, 0.05) is 31.5 Å². The van der Waals surface area contributed by atoms with Crippen LogP contribution in [-0.4, -0.2) is 38.0 Å². The van der Waals surface area contributed by atoms with Crippen molar-refractivity contribution in [2.45, 2.75) is 11.4 Å². The second kappa shape index (κ2) is 9.80. The van der Waals surface area contributed by atoms with Crippen molar-refractivity contribution in [2.24, 2.45) is 0 Å². The van der Waals surface area contributed by atoms with Crippen LogP contribution < -0.4 is 14.4 Å². The van der Waals surface area contributed by atoms with Gasteiger partial charge in [-0.05, 0) is 60.2 Å². The molecule has 1 heterocycles. The molecule has 0 fully saturated rings. The predicted molar refractivity (Wildman–Crippen MR) is 130 cm³/mol. The lowest BCUT2D eigenvalue weighted by molar-refractivity contribution is 0.0951. The van der Waals surface area contributed by atoms with Crippen LogP contribution in [0.2, 0.25) is 0 Å². The Bertz CT molecular complexity index is 1370. The average molecular weight is 477 g/mol. The summed E-state index contributed by atoms with van der Waals surface area (Å²) in [7, 11) is -0.759. The van der Waals surface area contributed by atoms with Gasteiger partial charge in [0.2, 0.25) is 0 Å². The molecule has 0 saturated heterocycles. The number of aromatic nitrogens is 2. The van der Waals surface area contributed by atoms with E-state index in [1.165, 1.54) is 30.6 Å². The summed E-state index contributed by atoms with van der Waals surface area (Å²) in [6.45, 7) is 0.334. The molecule has 0 atom stereocenters. The molecule has 0 saturated carbocycles. The normalized spacial score (nSPS) is 11.1. The molecule has 0 aliphatic heterocycles. The van der Waals surface area contributed by atoms with E-state index in [-0.39, 0.29) is 10.8 Å². The van der Waals surface area contributed by atoms with Crippen LogP contribution in [0.1, 0.15) is 15.9 Å². The molecule has 4 rings (SSSR count). The molecular formula is C25H24N4O4S. The first-order chi connectivity index (χ1) is 16.4. The molecule has 34 heavy (non-hydrogen) atoms. The van der Waals surface area contributed by atoms with Gasteiger partial charge < -0.3 is 14.6 Å². The smallest absolute Gasteiger partial charge is 0.264 e. The van der Waals surface area contributed by atoms with Gasteiger partial charge in [-0.15, -0.1) is 0 Å². The molecule has 0 aliphatic carbocycles. The van der Waals surface area contributed by atoms with E-state index in [0.717, 1.165) is 11.3 Å². The Morgan fingerprint density at radius 1 is 1.03 bits per heavy atom. The SMILES string of the molecule is COc1ccc(S(=O)(=O)N(C)c2ccc(C(=O)NCc3ccccc3-n3ccnc3)cc2)cc1. The number of carbonyl (C=O) groups is 1. The zero-order valence-corrected chi connectivity index (χ0v) is 19.6. The number of benzene rings is 3. The van der Waals surface area contributed by atoms with Gasteiger partial charge in [0.15, 0.2) is 0 Å². The Hall–Kier alpha value is -4.11. The van der Waals surface area contributed by atoms with Crippen LogP contribution in [0, 0.1) is 0 Å². The van der Waals surface area contributed by atoms with Gasteiger partial charge in [0.25, 0.3) is 15.9 Å². The van der Waals surface area contributed by atoms with Crippen LogP contribution in [0.25, 0.3) is 5.69 Å². The molecule has 174 valence electrons. The molecular weight excluding hydrogens is 452 g/mol. The number of imidazole rings is 1. The lowest BCUT2D eigenvalue weighted by Gasteiger charge is -2.20. The Morgan fingerprint density at radius 3 is 2.38 bits per heavy atom. The first kappa shape index (κ1) is 23.1. The average Bonchev–Trinajstić information content (AvgIpc) is 3.42. The number of hydrogen-bond acceptors (Lipinski definition) is 5. The third kappa shape index (κ3) is 4.79. The number of nitrogens with zero attached hydrogens (tertiary/aromatic N) is 3. The monoisotopic (exact) mass is 476 g/mol. The third-order valence-corrected chi connectivity index (χ3v) is 7.22. The largest absolute Gasteiger partial charge is 0.497 e. The van der Waals surface area contributed by atoms with Gasteiger partial charge in [-0.3, -0.25) is 9.10 Å². The highest BCUT2D eigenvalue weighted by atomic mass is 32.2. The van der Waals surface area contributed by atoms with Gasteiger partial charge in [-0.1, -0.05) is 18.2 Å². The summed E-state index contributed by atoms with van der Waals surface area (Å²) in [5.41, 5.74) is 2.74. The Labute approximate surface area is 198 Å². The van der Waals surface area contributed by atoms with E-state index >= 15 is 0 Å². The van der Waals surface area contributed by atoms with E-state index in [1.54, 1.807) is 48.9 Å². The van der Waals surface area contributed by atoms with Crippen molar-refractivity contribution in [1.82, 2.24) is 14.9 Å². The van der Waals surface area contributed by atoms with Crippen LogP contribution in [0.15, 0.2) is 96.4 Å². The number of carbonyl (C=O) groups excluding carboxylic acids is 1. The summed E-state index contributed by atoms with van der Waals surface area (Å²) >= 11 is 0. The quantitative estimate of drug-likeness (QED) is 0.419. The summed E-state index contributed by atoms with van der Waals surface area (Å²) in [6, 6.07) is 20.3. The molecule has 1 aromatic heterocycles. The molecule has 4 aromatic rings. The van der Waals surface area contributed by atoms with Crippen LogP contribution in [0.4, 0.5) is 5.69 Å². The summed E-state index contributed by atoms with van der Waals surface area (Å²) in [5.74, 6) is 0.317. The minimum atomic E-state index is -3.75. The minimum absolute atomic E-state index is 0.147. The highest BCUT2D eigenvalue weighted by Gasteiger charge is 2.21. The summed E-state index contributed by atoms with van der Waals surface area (Å²) in [5, 5.41) is 2.92. The Kier molecular flexibility index (Phi) is 6.65. The van der Waals surface area contributed by atoms with Crippen molar-refractivity contribution in [3.05, 3.63) is 103 Å². The van der Waals surface area contributed by atoms with E-state index in [1.807, 2.05) is 35.0 Å². The van der Waals surface area contributed by atoms with E-state index in [0.29, 0.717) is 23.5 Å². The Balaban J connectivity index is 1.45. The number of para-hydroxylation sites is 1. The van der Waals surface area contributed by atoms with Crippen molar-refractivity contribution in [2.75, 3.05) is 18.5 Å². The molecule has 8 nitrogen and oxygen atoms in total. The molecule has 1 amide bonds. The van der Waals surface area contributed by atoms with Crippen molar-refractivity contribution in [3.63, 3.8) is 0 Å². The zero-order chi connectivity index (χ0) is 24.1. The van der Waals surface area contributed by atoms with Crippen LogP contribution >= 0.6 is 0 Å². The number of sulfonamides is 1. The lowest BCUT2D eigenvalue weighted by Crippen LogP contribution is -2.27. The van der Waals surface area contributed by atoms with Crippen LogP contribution in [0.5, 0.6) is 5.75 Å². The fraction of sp³-hybridized carbons (Fsp3) is 0.120. The van der Waals surface area contributed by atoms with Crippen molar-refractivity contribution in [1.29, 1.82) is 0 Å². The zero-order valence-electron chi connectivity index (χ0n) is 18.8. The molecule has 9 heteroatoms. The lowest BCUT2D eigenvalue weighted by atomic mass is 10.1. The number of hydrogen-bond donors (Lipinski definition) is 1. The van der Waals surface area contributed by atoms with E-state index < -0.39 is 10.0 Å². The van der Waals surface area contributed by atoms with Crippen molar-refractivity contribution < 1.29 is 17.9 Å². The summed E-state index contributed by atoms with van der Waals surface area (Å²) in [6.07, 6.45) is 5.24. The second-order valence-electron chi connectivity index (χ2n) is 7.48. The van der Waals surface area contributed by atoms with Crippen LogP contribution in [-0.2, 0) is 16.6 Å². The first-order valence-electron chi connectivity index (χ1n) is 10.5. The van der Waals surface area contributed by atoms with Gasteiger partial charge >= 0.3 is 0 Å². The Morgan fingerprint density at radius 2 is 1.74 bits per heavy atom. The number of anilines is 1. The highest BCUT2D eigenvalue weighted by molar-refractivity contribution is 7.92. The van der Waals surface area contributed by atoms with Crippen molar-refractivity contribution in [3.8, 4) is 11.4 Å². The maximum Gasteiger partial charge on any atom is 0.264 e. The fourth-order valence-corrected chi connectivity index (χ4v) is 4.65. The number of nitrogens with one attached hydrogen (secondary N) is 1. The maximum absolute atomic E-state index is 12.9. The van der Waals surface area contributed by atoms with Gasteiger partial charge in [-0.25, -0.2) is 13.4 Å². The minimum Gasteiger partial charge on any atom is -0.497 e. The highest BCUT2D eigenvalue weighted by Crippen LogP contribution is 2.24. The molecule has 0 unspecified atom stereocenters. The molecule has 0 radical (unpaired) electrons. The van der Waals surface area contributed by atoms with E-state index in [4.69, 9.17) is 4.74 Å². The molecule has 0 spiro atoms. The molecule has 0 bridgehead atoms. The fourth-order valence-electron chi connectivity index (χ4n) is 3.46. The summed E-state index contributed by atoms with van der Waals surface area (Å²) < 4.78 is 34.0. The molecule has 3 aromatic carbocycles. The van der Waals surface area contributed by atoms with E-state index in [9.17, 15) is 13.2 Å². The summed E-state index contributed by atoms with van der Waals surface area (Å²) in [4.78, 5) is 16.9. The number of rotatable bonds is 8. The molecule has 1 N–H and O–H groups in total. The predicted octanol–water partition coefficient (Wildman–Crippen LogP) is 3.64. The maximum atomic E-state index is 12.9. The molecule has 0 aliphatic rings. The third-order valence-electron chi connectivity index (χ3n) is 5.42. The second-order valence-corrected chi connectivity index (χ2v) is 9.45. The van der Waals surface area contributed by atoms with Gasteiger partial charge in [0.05, 0.1) is 29.7 Å². The van der Waals surface area contributed by atoms with Gasteiger partial charge in [-0.2, -0.15) is 0 Å².